The van der Waals surface area contributed by atoms with E-state index in [0.29, 0.717) is 13.1 Å². The van der Waals surface area contributed by atoms with Crippen LogP contribution in [0.4, 0.5) is 0 Å². The summed E-state index contributed by atoms with van der Waals surface area (Å²) in [5.41, 5.74) is 0. The number of hydrogen-bond donors (Lipinski definition) is 1. The molecule has 16 heavy (non-hydrogen) atoms. The average molecular weight is 227 g/mol. The number of amides is 1. The van der Waals surface area contributed by atoms with Crippen molar-refractivity contribution >= 4 is 5.91 Å². The lowest BCUT2D eigenvalue weighted by molar-refractivity contribution is -0.135. The van der Waals surface area contributed by atoms with Gasteiger partial charge in [0.25, 0.3) is 0 Å². The molecule has 0 aromatic carbocycles. The Balaban J connectivity index is 2.38. The number of carbonyl (C=O) groups excluding carboxylic acids is 1. The lowest BCUT2D eigenvalue weighted by Gasteiger charge is -2.25. The normalized spacial score (nSPS) is 18.7. The SMILES string of the molecule is CCN(CCO)C(=O)C(C)CC1CCCC1. The number of aliphatic hydroxyl groups excluding tert-OH is 1. The van der Waals surface area contributed by atoms with Crippen LogP contribution in [0, 0.1) is 11.8 Å². The second-order valence-corrected chi connectivity index (χ2v) is 4.93. The molecule has 1 aliphatic rings. The van der Waals surface area contributed by atoms with E-state index in [4.69, 9.17) is 5.11 Å². The third-order valence-corrected chi connectivity index (χ3v) is 3.65. The summed E-state index contributed by atoms with van der Waals surface area (Å²) in [5, 5.41) is 8.89. The highest BCUT2D eigenvalue weighted by atomic mass is 16.3. The molecule has 1 amide bonds. The Bertz CT molecular complexity index is 212. The second-order valence-electron chi connectivity index (χ2n) is 4.93. The molecular formula is C13H25NO2. The standard InChI is InChI=1S/C13H25NO2/c1-3-14(8-9-15)13(16)11(2)10-12-6-4-5-7-12/h11-12,15H,3-10H2,1-2H3. The molecule has 1 aliphatic carbocycles. The predicted molar refractivity (Wildman–Crippen MR) is 65.1 cm³/mol. The van der Waals surface area contributed by atoms with Crippen LogP contribution in [0.1, 0.15) is 46.0 Å². The van der Waals surface area contributed by atoms with Gasteiger partial charge in [-0.2, -0.15) is 0 Å². The zero-order valence-corrected chi connectivity index (χ0v) is 10.6. The van der Waals surface area contributed by atoms with E-state index in [1.54, 1.807) is 4.90 Å². The molecule has 1 atom stereocenters. The summed E-state index contributed by atoms with van der Waals surface area (Å²) in [6, 6.07) is 0. The van der Waals surface area contributed by atoms with Gasteiger partial charge in [-0.1, -0.05) is 32.6 Å². The van der Waals surface area contributed by atoms with Crippen LogP contribution >= 0.6 is 0 Å². The predicted octanol–water partition coefficient (Wildman–Crippen LogP) is 2.04. The summed E-state index contributed by atoms with van der Waals surface area (Å²) in [6.45, 7) is 5.24. The fraction of sp³-hybridized carbons (Fsp3) is 0.923. The second kappa shape index (κ2) is 6.89. The van der Waals surface area contributed by atoms with E-state index in [1.165, 1.54) is 25.7 Å². The lowest BCUT2D eigenvalue weighted by atomic mass is 9.93. The van der Waals surface area contributed by atoms with Gasteiger partial charge in [-0.25, -0.2) is 0 Å². The monoisotopic (exact) mass is 227 g/mol. The maximum atomic E-state index is 12.1. The zero-order chi connectivity index (χ0) is 12.0. The molecular weight excluding hydrogens is 202 g/mol. The van der Waals surface area contributed by atoms with Crippen LogP contribution in [-0.2, 0) is 4.79 Å². The molecule has 0 bridgehead atoms. The minimum Gasteiger partial charge on any atom is -0.395 e. The highest BCUT2D eigenvalue weighted by Crippen LogP contribution is 2.30. The Morgan fingerprint density at radius 3 is 2.56 bits per heavy atom. The van der Waals surface area contributed by atoms with Gasteiger partial charge in [0.2, 0.25) is 5.91 Å². The summed E-state index contributed by atoms with van der Waals surface area (Å²) in [6.07, 6.45) is 6.29. The molecule has 0 aliphatic heterocycles. The highest BCUT2D eigenvalue weighted by Gasteiger charge is 2.24. The molecule has 1 unspecified atom stereocenters. The van der Waals surface area contributed by atoms with E-state index in [0.717, 1.165) is 12.3 Å². The third kappa shape index (κ3) is 3.78. The van der Waals surface area contributed by atoms with Gasteiger partial charge in [0.1, 0.15) is 0 Å². The van der Waals surface area contributed by atoms with Gasteiger partial charge in [0.15, 0.2) is 0 Å². The van der Waals surface area contributed by atoms with Gasteiger partial charge in [-0.15, -0.1) is 0 Å². The summed E-state index contributed by atoms with van der Waals surface area (Å²) >= 11 is 0. The van der Waals surface area contributed by atoms with Crippen LogP contribution in [0.2, 0.25) is 0 Å². The first-order valence-electron chi connectivity index (χ1n) is 6.58. The van der Waals surface area contributed by atoms with Crippen LogP contribution in [0.3, 0.4) is 0 Å². The van der Waals surface area contributed by atoms with E-state index >= 15 is 0 Å². The molecule has 0 spiro atoms. The van der Waals surface area contributed by atoms with E-state index in [2.05, 4.69) is 0 Å². The quantitative estimate of drug-likeness (QED) is 0.754. The Kier molecular flexibility index (Phi) is 5.81. The van der Waals surface area contributed by atoms with Gasteiger partial charge in [-0.05, 0) is 19.3 Å². The third-order valence-electron chi connectivity index (χ3n) is 3.65. The van der Waals surface area contributed by atoms with Crippen LogP contribution in [0.15, 0.2) is 0 Å². The number of likely N-dealkylation sites (N-methyl/N-ethyl adjacent to an activating group) is 1. The van der Waals surface area contributed by atoms with Crippen molar-refractivity contribution in [3.05, 3.63) is 0 Å². The first-order valence-corrected chi connectivity index (χ1v) is 6.58. The highest BCUT2D eigenvalue weighted by molar-refractivity contribution is 5.78. The van der Waals surface area contributed by atoms with Crippen molar-refractivity contribution in [2.24, 2.45) is 11.8 Å². The fourth-order valence-corrected chi connectivity index (χ4v) is 2.70. The Morgan fingerprint density at radius 2 is 2.06 bits per heavy atom. The smallest absolute Gasteiger partial charge is 0.225 e. The maximum absolute atomic E-state index is 12.1. The van der Waals surface area contributed by atoms with Crippen molar-refractivity contribution in [1.82, 2.24) is 4.90 Å². The molecule has 3 heteroatoms. The molecule has 0 aromatic heterocycles. The molecule has 1 N–H and O–H groups in total. The van der Waals surface area contributed by atoms with Gasteiger partial charge in [-0.3, -0.25) is 4.79 Å². The van der Waals surface area contributed by atoms with Crippen LogP contribution in [-0.4, -0.2) is 35.6 Å². The first kappa shape index (κ1) is 13.5. The molecule has 3 nitrogen and oxygen atoms in total. The van der Waals surface area contributed by atoms with E-state index in [-0.39, 0.29) is 18.4 Å². The van der Waals surface area contributed by atoms with Gasteiger partial charge >= 0.3 is 0 Å². The van der Waals surface area contributed by atoms with Crippen molar-refractivity contribution in [2.75, 3.05) is 19.7 Å². The lowest BCUT2D eigenvalue weighted by Crippen LogP contribution is -2.37. The first-order chi connectivity index (χ1) is 7.69. The van der Waals surface area contributed by atoms with Crippen molar-refractivity contribution < 1.29 is 9.90 Å². The minimum atomic E-state index is 0.0652. The molecule has 0 heterocycles. The van der Waals surface area contributed by atoms with E-state index < -0.39 is 0 Å². The fourth-order valence-electron chi connectivity index (χ4n) is 2.70. The van der Waals surface area contributed by atoms with Crippen molar-refractivity contribution in [1.29, 1.82) is 0 Å². The largest absolute Gasteiger partial charge is 0.395 e. The number of nitrogens with zero attached hydrogens (tertiary/aromatic N) is 1. The summed E-state index contributed by atoms with van der Waals surface area (Å²) in [4.78, 5) is 13.8. The topological polar surface area (TPSA) is 40.5 Å². The number of rotatable bonds is 6. The molecule has 1 saturated carbocycles. The Hall–Kier alpha value is -0.570. The summed E-state index contributed by atoms with van der Waals surface area (Å²) in [7, 11) is 0. The number of aliphatic hydroxyl groups is 1. The summed E-state index contributed by atoms with van der Waals surface area (Å²) in [5.74, 6) is 1.09. The van der Waals surface area contributed by atoms with E-state index in [1.807, 2.05) is 13.8 Å². The minimum absolute atomic E-state index is 0.0652. The molecule has 0 radical (unpaired) electrons. The number of carbonyl (C=O) groups is 1. The van der Waals surface area contributed by atoms with Gasteiger partial charge in [0, 0.05) is 19.0 Å². The van der Waals surface area contributed by atoms with Crippen LogP contribution in [0.5, 0.6) is 0 Å². The van der Waals surface area contributed by atoms with Gasteiger partial charge < -0.3 is 10.0 Å². The molecule has 0 saturated heterocycles. The Morgan fingerprint density at radius 1 is 1.44 bits per heavy atom. The maximum Gasteiger partial charge on any atom is 0.225 e. The Labute approximate surface area is 98.8 Å². The van der Waals surface area contributed by atoms with Crippen molar-refractivity contribution in [3.8, 4) is 0 Å². The van der Waals surface area contributed by atoms with E-state index in [9.17, 15) is 4.79 Å². The molecule has 94 valence electrons. The number of hydrogen-bond acceptors (Lipinski definition) is 2. The summed E-state index contributed by atoms with van der Waals surface area (Å²) < 4.78 is 0. The van der Waals surface area contributed by atoms with Gasteiger partial charge in [0.05, 0.1) is 6.61 Å². The molecule has 0 aromatic rings. The van der Waals surface area contributed by atoms with Crippen molar-refractivity contribution in [2.45, 2.75) is 46.0 Å². The molecule has 1 fully saturated rings. The zero-order valence-electron chi connectivity index (χ0n) is 10.6. The average Bonchev–Trinajstić information content (AvgIpc) is 2.77. The molecule has 1 rings (SSSR count). The van der Waals surface area contributed by atoms with Crippen molar-refractivity contribution in [3.63, 3.8) is 0 Å². The van der Waals surface area contributed by atoms with Crippen LogP contribution < -0.4 is 0 Å². The van der Waals surface area contributed by atoms with Crippen LogP contribution in [0.25, 0.3) is 0 Å².